The number of carbonyl (C=O) groups is 1. The van der Waals surface area contributed by atoms with Crippen LogP contribution < -0.4 is 10.5 Å². The third-order valence-corrected chi connectivity index (χ3v) is 2.48. The van der Waals surface area contributed by atoms with Gasteiger partial charge in [-0.25, -0.2) is 9.18 Å². The molecule has 0 saturated heterocycles. The molecule has 4 nitrogen and oxygen atoms in total. The Morgan fingerprint density at radius 3 is 2.63 bits per heavy atom. The minimum atomic E-state index is -0.839. The summed E-state index contributed by atoms with van der Waals surface area (Å²) in [6, 6.07) is 4.57. The number of rotatable bonds is 6. The lowest BCUT2D eigenvalue weighted by Crippen LogP contribution is -2.26. The maximum absolute atomic E-state index is 13.8. The van der Waals surface area contributed by atoms with E-state index in [0.29, 0.717) is 6.42 Å². The standard InChI is InChI=1S/C14H20FNO3/c1-4-18-14(17)10(3)19-13-6-5-11(7-9(2)16)8-12(13)15/h5-6,8-10H,4,7,16H2,1-3H3. The third-order valence-electron chi connectivity index (χ3n) is 2.48. The molecule has 0 spiro atoms. The lowest BCUT2D eigenvalue weighted by Gasteiger charge is -2.14. The molecular formula is C14H20FNO3. The van der Waals surface area contributed by atoms with E-state index in [1.165, 1.54) is 19.1 Å². The lowest BCUT2D eigenvalue weighted by molar-refractivity contribution is -0.150. The average molecular weight is 269 g/mol. The predicted molar refractivity (Wildman–Crippen MR) is 70.5 cm³/mol. The quantitative estimate of drug-likeness (QED) is 0.803. The highest BCUT2D eigenvalue weighted by atomic mass is 19.1. The van der Waals surface area contributed by atoms with E-state index in [1.807, 2.05) is 6.92 Å². The summed E-state index contributed by atoms with van der Waals surface area (Å²) in [4.78, 5) is 11.4. The van der Waals surface area contributed by atoms with Gasteiger partial charge in [-0.15, -0.1) is 0 Å². The van der Waals surface area contributed by atoms with E-state index in [9.17, 15) is 9.18 Å². The molecule has 0 bridgehead atoms. The van der Waals surface area contributed by atoms with E-state index in [-0.39, 0.29) is 18.4 Å². The van der Waals surface area contributed by atoms with Gasteiger partial charge in [0.1, 0.15) is 0 Å². The second kappa shape index (κ2) is 7.09. The zero-order valence-corrected chi connectivity index (χ0v) is 11.5. The molecule has 106 valence electrons. The summed E-state index contributed by atoms with van der Waals surface area (Å²) in [6.07, 6.45) is -0.251. The predicted octanol–water partition coefficient (Wildman–Crippen LogP) is 2.05. The molecule has 0 aliphatic heterocycles. The highest BCUT2D eigenvalue weighted by molar-refractivity contribution is 5.74. The van der Waals surface area contributed by atoms with Gasteiger partial charge >= 0.3 is 5.97 Å². The van der Waals surface area contributed by atoms with Gasteiger partial charge in [0.05, 0.1) is 6.61 Å². The summed E-state index contributed by atoms with van der Waals surface area (Å²) in [5.74, 6) is -0.982. The van der Waals surface area contributed by atoms with E-state index in [1.54, 1.807) is 13.0 Å². The second-order valence-corrected chi connectivity index (χ2v) is 4.46. The smallest absolute Gasteiger partial charge is 0.347 e. The van der Waals surface area contributed by atoms with Crippen molar-refractivity contribution >= 4 is 5.97 Å². The highest BCUT2D eigenvalue weighted by Crippen LogP contribution is 2.20. The maximum Gasteiger partial charge on any atom is 0.347 e. The molecule has 0 amide bonds. The number of esters is 1. The average Bonchev–Trinajstić information content (AvgIpc) is 2.32. The first-order chi connectivity index (χ1) is 8.93. The summed E-state index contributed by atoms with van der Waals surface area (Å²) in [5, 5.41) is 0. The molecule has 0 heterocycles. The second-order valence-electron chi connectivity index (χ2n) is 4.46. The van der Waals surface area contributed by atoms with Crippen LogP contribution in [0.2, 0.25) is 0 Å². The maximum atomic E-state index is 13.8. The summed E-state index contributed by atoms with van der Waals surface area (Å²) in [6.45, 7) is 5.34. The van der Waals surface area contributed by atoms with Crippen LogP contribution in [0.15, 0.2) is 18.2 Å². The molecule has 2 unspecified atom stereocenters. The van der Waals surface area contributed by atoms with Crippen LogP contribution in [0.25, 0.3) is 0 Å². The van der Waals surface area contributed by atoms with Gasteiger partial charge in [0.2, 0.25) is 0 Å². The summed E-state index contributed by atoms with van der Waals surface area (Å²) in [5.41, 5.74) is 6.45. The molecule has 19 heavy (non-hydrogen) atoms. The minimum Gasteiger partial charge on any atom is -0.476 e. The van der Waals surface area contributed by atoms with E-state index >= 15 is 0 Å². The van der Waals surface area contributed by atoms with Gasteiger partial charge in [0.15, 0.2) is 17.7 Å². The van der Waals surface area contributed by atoms with Crippen molar-refractivity contribution in [2.75, 3.05) is 6.61 Å². The number of benzene rings is 1. The Kier molecular flexibility index (Phi) is 5.76. The normalized spacial score (nSPS) is 13.7. The molecular weight excluding hydrogens is 249 g/mol. The molecule has 2 N–H and O–H groups in total. The number of nitrogens with two attached hydrogens (primary N) is 1. The number of carbonyl (C=O) groups excluding carboxylic acids is 1. The summed E-state index contributed by atoms with van der Waals surface area (Å²) < 4.78 is 23.8. The van der Waals surface area contributed by atoms with Crippen molar-refractivity contribution in [1.82, 2.24) is 0 Å². The van der Waals surface area contributed by atoms with E-state index in [0.717, 1.165) is 5.56 Å². The Hall–Kier alpha value is -1.62. The highest BCUT2D eigenvalue weighted by Gasteiger charge is 2.17. The van der Waals surface area contributed by atoms with Gasteiger partial charge in [0.25, 0.3) is 0 Å². The molecule has 0 fully saturated rings. The fourth-order valence-electron chi connectivity index (χ4n) is 1.64. The topological polar surface area (TPSA) is 61.5 Å². The number of ether oxygens (including phenoxy) is 2. The Balaban J connectivity index is 2.71. The Morgan fingerprint density at radius 1 is 1.42 bits per heavy atom. The van der Waals surface area contributed by atoms with Crippen molar-refractivity contribution in [1.29, 1.82) is 0 Å². The first kappa shape index (κ1) is 15.4. The van der Waals surface area contributed by atoms with Crippen LogP contribution in [0.5, 0.6) is 5.75 Å². The molecule has 1 rings (SSSR count). The zero-order valence-electron chi connectivity index (χ0n) is 11.5. The Morgan fingerprint density at radius 2 is 2.11 bits per heavy atom. The van der Waals surface area contributed by atoms with E-state index < -0.39 is 17.9 Å². The molecule has 0 aromatic heterocycles. The van der Waals surface area contributed by atoms with E-state index in [2.05, 4.69) is 0 Å². The number of hydrogen-bond donors (Lipinski definition) is 1. The van der Waals surface area contributed by atoms with Gasteiger partial charge in [-0.3, -0.25) is 0 Å². The summed E-state index contributed by atoms with van der Waals surface area (Å²) in [7, 11) is 0. The van der Waals surface area contributed by atoms with Crippen molar-refractivity contribution in [2.45, 2.75) is 39.3 Å². The zero-order chi connectivity index (χ0) is 14.4. The van der Waals surface area contributed by atoms with Crippen LogP contribution >= 0.6 is 0 Å². The molecule has 0 aliphatic rings. The van der Waals surface area contributed by atoms with Crippen LogP contribution in [0.1, 0.15) is 26.3 Å². The van der Waals surface area contributed by atoms with Crippen molar-refractivity contribution in [3.05, 3.63) is 29.6 Å². The Labute approximate surface area is 112 Å². The van der Waals surface area contributed by atoms with Gasteiger partial charge in [-0.2, -0.15) is 0 Å². The molecule has 0 saturated carbocycles. The molecule has 1 aromatic carbocycles. The van der Waals surface area contributed by atoms with Crippen LogP contribution in [0.3, 0.4) is 0 Å². The SMILES string of the molecule is CCOC(=O)C(C)Oc1ccc(CC(C)N)cc1F. The van der Waals surface area contributed by atoms with Crippen molar-refractivity contribution in [3.63, 3.8) is 0 Å². The van der Waals surface area contributed by atoms with Gasteiger partial charge in [-0.05, 0) is 44.9 Å². The van der Waals surface area contributed by atoms with Crippen molar-refractivity contribution in [3.8, 4) is 5.75 Å². The Bertz CT molecular complexity index is 435. The van der Waals surface area contributed by atoms with Gasteiger partial charge in [0, 0.05) is 6.04 Å². The lowest BCUT2D eigenvalue weighted by atomic mass is 10.1. The number of halogens is 1. The first-order valence-electron chi connectivity index (χ1n) is 6.31. The van der Waals surface area contributed by atoms with Crippen LogP contribution in [0, 0.1) is 5.82 Å². The largest absolute Gasteiger partial charge is 0.476 e. The number of hydrogen-bond acceptors (Lipinski definition) is 4. The third kappa shape index (κ3) is 4.87. The molecule has 0 aliphatic carbocycles. The molecule has 1 aromatic rings. The van der Waals surface area contributed by atoms with Crippen LogP contribution in [0.4, 0.5) is 4.39 Å². The molecule has 2 atom stereocenters. The van der Waals surface area contributed by atoms with E-state index in [4.69, 9.17) is 15.2 Å². The van der Waals surface area contributed by atoms with Crippen LogP contribution in [-0.2, 0) is 16.0 Å². The van der Waals surface area contributed by atoms with Gasteiger partial charge in [-0.1, -0.05) is 6.07 Å². The molecule has 5 heteroatoms. The molecule has 0 radical (unpaired) electrons. The minimum absolute atomic E-state index is 0.0361. The van der Waals surface area contributed by atoms with Crippen molar-refractivity contribution in [2.24, 2.45) is 5.73 Å². The van der Waals surface area contributed by atoms with Crippen LogP contribution in [-0.4, -0.2) is 24.7 Å². The van der Waals surface area contributed by atoms with Gasteiger partial charge < -0.3 is 15.2 Å². The van der Waals surface area contributed by atoms with Crippen molar-refractivity contribution < 1.29 is 18.7 Å². The fraction of sp³-hybridized carbons (Fsp3) is 0.500. The monoisotopic (exact) mass is 269 g/mol. The summed E-state index contributed by atoms with van der Waals surface area (Å²) >= 11 is 0. The fourth-order valence-corrected chi connectivity index (χ4v) is 1.64. The first-order valence-corrected chi connectivity index (χ1v) is 6.31.